The fourth-order valence-electron chi connectivity index (χ4n) is 3.58. The molecule has 0 aliphatic heterocycles. The molecule has 0 fully saturated rings. The number of carboxylic acids is 1. The van der Waals surface area contributed by atoms with E-state index >= 15 is 0 Å². The number of hydrogen-bond acceptors (Lipinski definition) is 7. The predicted octanol–water partition coefficient (Wildman–Crippen LogP) is 2.25. The maximum Gasteiger partial charge on any atom is 0.408 e. The third-order valence-corrected chi connectivity index (χ3v) is 5.74. The van der Waals surface area contributed by atoms with E-state index < -0.39 is 72.0 Å². The van der Waals surface area contributed by atoms with E-state index in [4.69, 9.17) is 4.74 Å². The number of amides is 4. The van der Waals surface area contributed by atoms with Crippen molar-refractivity contribution in [3.8, 4) is 0 Å². The Balaban J connectivity index is 3.59. The zero-order valence-corrected chi connectivity index (χ0v) is 23.2. The monoisotopic (exact) mass is 535 g/mol. The maximum absolute atomic E-state index is 14.0. The SMILES string of the molecule is CC[C@H](C)[C@@H](NC(=O)OC(C)(C)C)C(=O)N(C(=O)C[C@@H](C)O)[C@@H](Cc1ccccc1)C(=O)N[C@@H](C)C(=O)O. The first-order valence-electron chi connectivity index (χ1n) is 12.7. The minimum atomic E-state index is -1.45. The summed E-state index contributed by atoms with van der Waals surface area (Å²) in [5.74, 6) is -4.33. The highest BCUT2D eigenvalue weighted by molar-refractivity contribution is 6.03. The number of aliphatic carboxylic acids is 1. The van der Waals surface area contributed by atoms with Gasteiger partial charge in [-0.2, -0.15) is 0 Å². The number of nitrogens with zero attached hydrogens (tertiary/aromatic N) is 1. The molecule has 1 aromatic rings. The third-order valence-electron chi connectivity index (χ3n) is 5.74. The van der Waals surface area contributed by atoms with Crippen LogP contribution in [-0.4, -0.2) is 74.7 Å². The molecule has 0 aliphatic rings. The van der Waals surface area contributed by atoms with Crippen molar-refractivity contribution in [3.05, 3.63) is 35.9 Å². The van der Waals surface area contributed by atoms with Gasteiger partial charge < -0.3 is 25.6 Å². The van der Waals surface area contributed by atoms with E-state index in [1.165, 1.54) is 13.8 Å². The number of ether oxygens (including phenoxy) is 1. The number of aliphatic hydroxyl groups is 1. The van der Waals surface area contributed by atoms with Crippen LogP contribution in [0.3, 0.4) is 0 Å². The summed E-state index contributed by atoms with van der Waals surface area (Å²) in [4.78, 5) is 65.5. The lowest BCUT2D eigenvalue weighted by molar-refractivity contribution is -0.155. The first-order chi connectivity index (χ1) is 17.6. The Morgan fingerprint density at radius 3 is 2.05 bits per heavy atom. The van der Waals surface area contributed by atoms with E-state index in [1.807, 2.05) is 0 Å². The fraction of sp³-hybridized carbons (Fsp3) is 0.593. The normalized spacial score (nSPS) is 15.3. The zero-order chi connectivity index (χ0) is 29.2. The van der Waals surface area contributed by atoms with Crippen LogP contribution in [0.25, 0.3) is 0 Å². The van der Waals surface area contributed by atoms with Gasteiger partial charge in [-0.05, 0) is 46.1 Å². The molecule has 0 aliphatic carbocycles. The van der Waals surface area contributed by atoms with Crippen molar-refractivity contribution in [3.63, 3.8) is 0 Å². The number of aliphatic hydroxyl groups excluding tert-OH is 1. The molecule has 0 heterocycles. The summed E-state index contributed by atoms with van der Waals surface area (Å²) < 4.78 is 5.31. The Bertz CT molecular complexity index is 974. The summed E-state index contributed by atoms with van der Waals surface area (Å²) in [6.07, 6.45) is -2.15. The largest absolute Gasteiger partial charge is 0.480 e. The standard InChI is InChI=1S/C27H41N3O8/c1-8-16(2)22(29-26(37)38-27(5,6)7)24(34)30(21(32)14-17(3)31)20(15-19-12-10-9-11-13-19)23(33)28-18(4)25(35)36/h9-13,16-18,20,22,31H,8,14-15H2,1-7H3,(H,28,33)(H,29,37)(H,35,36)/t16-,17+,18-,20-,22+/m0/s1. The van der Waals surface area contributed by atoms with Crippen molar-refractivity contribution >= 4 is 29.8 Å². The van der Waals surface area contributed by atoms with Gasteiger partial charge in [0.1, 0.15) is 23.7 Å². The van der Waals surface area contributed by atoms with Gasteiger partial charge in [0.25, 0.3) is 5.91 Å². The molecule has 0 bridgehead atoms. The lowest BCUT2D eigenvalue weighted by atomic mass is 9.95. The molecule has 0 radical (unpaired) electrons. The summed E-state index contributed by atoms with van der Waals surface area (Å²) in [5.41, 5.74) is -0.240. The Labute approximate surface area is 223 Å². The minimum Gasteiger partial charge on any atom is -0.480 e. The molecule has 1 rings (SSSR count). The summed E-state index contributed by atoms with van der Waals surface area (Å²) in [7, 11) is 0. The van der Waals surface area contributed by atoms with Crippen LogP contribution in [0.2, 0.25) is 0 Å². The number of carbonyl (C=O) groups is 5. The van der Waals surface area contributed by atoms with Gasteiger partial charge in [-0.3, -0.25) is 24.1 Å². The first kappa shape index (κ1) is 32.6. The van der Waals surface area contributed by atoms with Crippen molar-refractivity contribution in [1.82, 2.24) is 15.5 Å². The number of nitrogens with one attached hydrogen (secondary N) is 2. The highest BCUT2D eigenvalue weighted by Gasteiger charge is 2.41. The highest BCUT2D eigenvalue weighted by Crippen LogP contribution is 2.19. The van der Waals surface area contributed by atoms with Crippen LogP contribution in [0.4, 0.5) is 4.79 Å². The van der Waals surface area contributed by atoms with Crippen LogP contribution in [0.5, 0.6) is 0 Å². The number of benzene rings is 1. The van der Waals surface area contributed by atoms with E-state index in [1.54, 1.807) is 65.0 Å². The van der Waals surface area contributed by atoms with E-state index in [9.17, 15) is 34.2 Å². The van der Waals surface area contributed by atoms with Crippen molar-refractivity contribution in [2.75, 3.05) is 0 Å². The Morgan fingerprint density at radius 2 is 1.58 bits per heavy atom. The second-order valence-corrected chi connectivity index (χ2v) is 10.4. The molecule has 212 valence electrons. The van der Waals surface area contributed by atoms with Gasteiger partial charge in [0, 0.05) is 6.42 Å². The second kappa shape index (κ2) is 14.5. The van der Waals surface area contributed by atoms with Gasteiger partial charge in [-0.1, -0.05) is 50.6 Å². The Morgan fingerprint density at radius 1 is 1.00 bits per heavy atom. The van der Waals surface area contributed by atoms with Crippen molar-refractivity contribution in [2.24, 2.45) is 5.92 Å². The van der Waals surface area contributed by atoms with Crippen LogP contribution in [-0.2, 0) is 30.3 Å². The summed E-state index contributed by atoms with van der Waals surface area (Å²) in [6, 6.07) is 4.62. The molecule has 0 saturated carbocycles. The number of imide groups is 1. The minimum absolute atomic E-state index is 0.115. The van der Waals surface area contributed by atoms with Gasteiger partial charge in [0.2, 0.25) is 11.8 Å². The number of carbonyl (C=O) groups excluding carboxylic acids is 4. The Hall–Kier alpha value is -3.47. The van der Waals surface area contributed by atoms with Crippen LogP contribution in [0.15, 0.2) is 30.3 Å². The van der Waals surface area contributed by atoms with Gasteiger partial charge in [0.05, 0.1) is 12.5 Å². The van der Waals surface area contributed by atoms with Crippen molar-refractivity contribution < 1.29 is 38.9 Å². The van der Waals surface area contributed by atoms with Gasteiger partial charge >= 0.3 is 12.1 Å². The highest BCUT2D eigenvalue weighted by atomic mass is 16.6. The predicted molar refractivity (Wildman–Crippen MR) is 140 cm³/mol. The van der Waals surface area contributed by atoms with E-state index in [2.05, 4.69) is 10.6 Å². The van der Waals surface area contributed by atoms with Crippen LogP contribution < -0.4 is 10.6 Å². The lowest BCUT2D eigenvalue weighted by Crippen LogP contribution is -2.61. The van der Waals surface area contributed by atoms with Gasteiger partial charge in [-0.25, -0.2) is 4.79 Å². The number of rotatable bonds is 12. The van der Waals surface area contributed by atoms with Gasteiger partial charge in [0.15, 0.2) is 0 Å². The molecule has 38 heavy (non-hydrogen) atoms. The van der Waals surface area contributed by atoms with E-state index in [-0.39, 0.29) is 6.42 Å². The van der Waals surface area contributed by atoms with Gasteiger partial charge in [-0.15, -0.1) is 0 Å². The Kier molecular flexibility index (Phi) is 12.4. The molecule has 1 aromatic carbocycles. The molecule has 0 saturated heterocycles. The smallest absolute Gasteiger partial charge is 0.408 e. The molecule has 11 nitrogen and oxygen atoms in total. The fourth-order valence-corrected chi connectivity index (χ4v) is 3.58. The molecule has 4 N–H and O–H groups in total. The first-order valence-corrected chi connectivity index (χ1v) is 12.7. The maximum atomic E-state index is 14.0. The van der Waals surface area contributed by atoms with Crippen molar-refractivity contribution in [1.29, 1.82) is 0 Å². The van der Waals surface area contributed by atoms with Crippen LogP contribution in [0, 0.1) is 5.92 Å². The summed E-state index contributed by atoms with van der Waals surface area (Å²) in [6.45, 7) is 11.1. The number of carboxylic acid groups (broad SMARTS) is 1. The van der Waals surface area contributed by atoms with Crippen LogP contribution >= 0.6 is 0 Å². The topological polar surface area (TPSA) is 162 Å². The molecule has 0 unspecified atom stereocenters. The third kappa shape index (κ3) is 10.5. The molecule has 0 spiro atoms. The molecule has 4 amide bonds. The average Bonchev–Trinajstić information content (AvgIpc) is 2.80. The van der Waals surface area contributed by atoms with Crippen LogP contribution in [0.1, 0.15) is 66.9 Å². The molecule has 0 aromatic heterocycles. The molecular weight excluding hydrogens is 494 g/mol. The molecular formula is C27H41N3O8. The summed E-state index contributed by atoms with van der Waals surface area (Å²) >= 11 is 0. The average molecular weight is 536 g/mol. The molecule has 5 atom stereocenters. The lowest BCUT2D eigenvalue weighted by Gasteiger charge is -2.35. The van der Waals surface area contributed by atoms with E-state index in [0.717, 1.165) is 4.90 Å². The number of alkyl carbamates (subject to hydrolysis) is 1. The zero-order valence-electron chi connectivity index (χ0n) is 23.2. The van der Waals surface area contributed by atoms with E-state index in [0.29, 0.717) is 12.0 Å². The second-order valence-electron chi connectivity index (χ2n) is 10.4. The number of hydrogen-bond donors (Lipinski definition) is 4. The van der Waals surface area contributed by atoms with Crippen molar-refractivity contribution in [2.45, 2.75) is 97.6 Å². The molecule has 11 heteroatoms. The summed E-state index contributed by atoms with van der Waals surface area (Å²) in [5, 5.41) is 24.1. The quantitative estimate of drug-likeness (QED) is 0.317.